The molecule has 2 fully saturated rings. The molecule has 1 saturated carbocycles. The number of likely N-dealkylation sites (tertiary alicyclic amines) is 1. The maximum absolute atomic E-state index is 12.4. The van der Waals surface area contributed by atoms with Gasteiger partial charge in [0, 0.05) is 16.6 Å². The van der Waals surface area contributed by atoms with E-state index in [1.807, 2.05) is 18.2 Å². The number of Topliss-reactive ketones (excluding diaryl/α,β-unsaturated/α-hetero) is 1. The van der Waals surface area contributed by atoms with Crippen molar-refractivity contribution in [3.8, 4) is 0 Å². The molecule has 1 aliphatic carbocycles. The molecule has 0 bridgehead atoms. The molecule has 0 spiro atoms. The molecule has 1 aromatic carbocycles. The monoisotopic (exact) mass is 277 g/mol. The first-order chi connectivity index (χ1) is 9.24. The number of fused-ring (bicyclic) bond motifs is 1. The third-order valence-corrected chi connectivity index (χ3v) is 4.84. The molecular weight excluding hydrogens is 258 g/mol. The summed E-state index contributed by atoms with van der Waals surface area (Å²) >= 11 is 5.95. The summed E-state index contributed by atoms with van der Waals surface area (Å²) in [4.78, 5) is 14.8. The van der Waals surface area contributed by atoms with Crippen molar-refractivity contribution in [1.29, 1.82) is 0 Å². The van der Waals surface area contributed by atoms with Crippen LogP contribution in [0.5, 0.6) is 0 Å². The van der Waals surface area contributed by atoms with E-state index in [9.17, 15) is 4.79 Å². The quantitative estimate of drug-likeness (QED) is 0.784. The van der Waals surface area contributed by atoms with Crippen LogP contribution in [0.25, 0.3) is 0 Å². The average Bonchev–Trinajstić information content (AvgIpc) is 2.88. The summed E-state index contributed by atoms with van der Waals surface area (Å²) in [7, 11) is 0. The van der Waals surface area contributed by atoms with Gasteiger partial charge in [-0.15, -0.1) is 0 Å². The number of benzene rings is 1. The van der Waals surface area contributed by atoms with E-state index in [2.05, 4.69) is 4.90 Å². The predicted molar refractivity (Wildman–Crippen MR) is 77.7 cm³/mol. The van der Waals surface area contributed by atoms with Crippen molar-refractivity contribution in [1.82, 2.24) is 4.90 Å². The van der Waals surface area contributed by atoms with E-state index in [1.165, 1.54) is 32.1 Å². The summed E-state index contributed by atoms with van der Waals surface area (Å²) in [6.45, 7) is 1.63. The molecular formula is C16H20ClNO. The van der Waals surface area contributed by atoms with Crippen molar-refractivity contribution < 1.29 is 4.79 Å². The van der Waals surface area contributed by atoms with E-state index in [0.29, 0.717) is 17.6 Å². The molecule has 102 valence electrons. The Kier molecular flexibility index (Phi) is 3.90. The maximum atomic E-state index is 12.4. The Balaban J connectivity index is 1.69. The fraction of sp³-hybridized carbons (Fsp3) is 0.562. The van der Waals surface area contributed by atoms with E-state index < -0.39 is 0 Å². The highest BCUT2D eigenvalue weighted by Gasteiger charge is 2.35. The molecule has 2 unspecified atom stereocenters. The second kappa shape index (κ2) is 5.64. The van der Waals surface area contributed by atoms with Crippen LogP contribution in [0.15, 0.2) is 24.3 Å². The zero-order chi connectivity index (χ0) is 13.2. The Hall–Kier alpha value is -0.860. The van der Waals surface area contributed by atoms with Gasteiger partial charge in [-0.3, -0.25) is 9.69 Å². The number of rotatable bonds is 3. The van der Waals surface area contributed by atoms with Crippen LogP contribution in [0.4, 0.5) is 0 Å². The molecule has 1 aliphatic heterocycles. The lowest BCUT2D eigenvalue weighted by atomic mass is 9.91. The standard InChI is InChI=1S/C16H20ClNO/c17-14-7-1-5-13(10-14)16(19)11-18-9-3-6-12-4-2-8-15(12)18/h1,5,7,10,12,15H,2-4,6,8-9,11H2. The first kappa shape index (κ1) is 13.1. The minimum Gasteiger partial charge on any atom is -0.293 e. The van der Waals surface area contributed by atoms with Gasteiger partial charge in [-0.1, -0.05) is 30.2 Å². The van der Waals surface area contributed by atoms with E-state index in [4.69, 9.17) is 11.6 Å². The summed E-state index contributed by atoms with van der Waals surface area (Å²) < 4.78 is 0. The first-order valence-electron chi connectivity index (χ1n) is 7.27. The van der Waals surface area contributed by atoms with E-state index >= 15 is 0 Å². The third kappa shape index (κ3) is 2.85. The largest absolute Gasteiger partial charge is 0.293 e. The molecule has 2 nitrogen and oxygen atoms in total. The highest BCUT2D eigenvalue weighted by molar-refractivity contribution is 6.31. The van der Waals surface area contributed by atoms with Crippen molar-refractivity contribution in [3.05, 3.63) is 34.9 Å². The molecule has 0 aromatic heterocycles. The SMILES string of the molecule is O=C(CN1CCCC2CCCC21)c1cccc(Cl)c1. The van der Waals surface area contributed by atoms with Gasteiger partial charge in [0.25, 0.3) is 0 Å². The Bertz CT molecular complexity index is 474. The van der Waals surface area contributed by atoms with Gasteiger partial charge in [0.05, 0.1) is 6.54 Å². The fourth-order valence-corrected chi connectivity index (χ4v) is 3.88. The van der Waals surface area contributed by atoms with Crippen molar-refractivity contribution in [2.24, 2.45) is 5.92 Å². The molecule has 3 heteroatoms. The normalized spacial score (nSPS) is 27.2. The number of piperidine rings is 1. The van der Waals surface area contributed by atoms with Gasteiger partial charge >= 0.3 is 0 Å². The van der Waals surface area contributed by atoms with Crippen molar-refractivity contribution >= 4 is 17.4 Å². The molecule has 19 heavy (non-hydrogen) atoms. The zero-order valence-electron chi connectivity index (χ0n) is 11.1. The molecule has 1 aromatic rings. The van der Waals surface area contributed by atoms with Crippen LogP contribution >= 0.6 is 11.6 Å². The van der Waals surface area contributed by atoms with Gasteiger partial charge in [0.2, 0.25) is 0 Å². The summed E-state index contributed by atoms with van der Waals surface area (Å²) in [5, 5.41) is 0.642. The summed E-state index contributed by atoms with van der Waals surface area (Å²) in [5.41, 5.74) is 0.743. The predicted octanol–water partition coefficient (Wildman–Crippen LogP) is 3.79. The number of carbonyl (C=O) groups is 1. The fourth-order valence-electron chi connectivity index (χ4n) is 3.69. The van der Waals surface area contributed by atoms with Gasteiger partial charge < -0.3 is 0 Å². The number of hydrogen-bond acceptors (Lipinski definition) is 2. The molecule has 0 radical (unpaired) electrons. The lowest BCUT2D eigenvalue weighted by Crippen LogP contribution is -2.45. The summed E-state index contributed by atoms with van der Waals surface area (Å²) in [6, 6.07) is 7.96. The summed E-state index contributed by atoms with van der Waals surface area (Å²) in [6.07, 6.45) is 6.55. The van der Waals surface area contributed by atoms with Crippen LogP contribution in [-0.2, 0) is 0 Å². The van der Waals surface area contributed by atoms with Crippen LogP contribution in [-0.4, -0.2) is 29.8 Å². The number of hydrogen-bond donors (Lipinski definition) is 0. The number of ketones is 1. The third-order valence-electron chi connectivity index (χ3n) is 4.60. The minimum atomic E-state index is 0.204. The van der Waals surface area contributed by atoms with Crippen LogP contribution in [0.1, 0.15) is 42.5 Å². The van der Waals surface area contributed by atoms with Crippen molar-refractivity contribution in [2.45, 2.75) is 38.1 Å². The number of nitrogens with zero attached hydrogens (tertiary/aromatic N) is 1. The second-order valence-electron chi connectivity index (χ2n) is 5.80. The Labute approximate surface area is 119 Å². The van der Waals surface area contributed by atoms with Crippen molar-refractivity contribution in [3.63, 3.8) is 0 Å². The van der Waals surface area contributed by atoms with Gasteiger partial charge in [0.15, 0.2) is 5.78 Å². The lowest BCUT2D eigenvalue weighted by molar-refractivity contribution is 0.0777. The van der Waals surface area contributed by atoms with Crippen LogP contribution in [0.3, 0.4) is 0 Å². The Morgan fingerprint density at radius 2 is 2.11 bits per heavy atom. The van der Waals surface area contributed by atoms with Crippen LogP contribution < -0.4 is 0 Å². The van der Waals surface area contributed by atoms with Gasteiger partial charge in [-0.25, -0.2) is 0 Å². The molecule has 2 atom stereocenters. The number of carbonyl (C=O) groups excluding carboxylic acids is 1. The van der Waals surface area contributed by atoms with E-state index in [0.717, 1.165) is 18.0 Å². The van der Waals surface area contributed by atoms with Gasteiger partial charge in [0.1, 0.15) is 0 Å². The van der Waals surface area contributed by atoms with E-state index in [1.54, 1.807) is 6.07 Å². The molecule has 3 rings (SSSR count). The highest BCUT2D eigenvalue weighted by Crippen LogP contribution is 2.36. The van der Waals surface area contributed by atoms with Gasteiger partial charge in [-0.2, -0.15) is 0 Å². The molecule has 1 saturated heterocycles. The molecule has 0 amide bonds. The maximum Gasteiger partial charge on any atom is 0.176 e. The smallest absolute Gasteiger partial charge is 0.176 e. The second-order valence-corrected chi connectivity index (χ2v) is 6.24. The van der Waals surface area contributed by atoms with Crippen LogP contribution in [0.2, 0.25) is 5.02 Å². The highest BCUT2D eigenvalue weighted by atomic mass is 35.5. The Morgan fingerprint density at radius 3 is 2.95 bits per heavy atom. The molecule has 1 heterocycles. The molecule has 2 aliphatic rings. The Morgan fingerprint density at radius 1 is 1.26 bits per heavy atom. The minimum absolute atomic E-state index is 0.204. The summed E-state index contributed by atoms with van der Waals surface area (Å²) in [5.74, 6) is 1.04. The first-order valence-corrected chi connectivity index (χ1v) is 7.64. The topological polar surface area (TPSA) is 20.3 Å². The van der Waals surface area contributed by atoms with Crippen molar-refractivity contribution in [2.75, 3.05) is 13.1 Å². The zero-order valence-corrected chi connectivity index (χ0v) is 11.9. The van der Waals surface area contributed by atoms with E-state index in [-0.39, 0.29) is 5.78 Å². The van der Waals surface area contributed by atoms with Crippen LogP contribution in [0, 0.1) is 5.92 Å². The number of halogens is 1. The van der Waals surface area contributed by atoms with Gasteiger partial charge in [-0.05, 0) is 50.3 Å². The lowest BCUT2D eigenvalue weighted by Gasteiger charge is -2.37. The molecule has 0 N–H and O–H groups in total. The average molecular weight is 278 g/mol.